The molecule has 0 saturated heterocycles. The van der Waals surface area contributed by atoms with Crippen LogP contribution in [0.3, 0.4) is 0 Å². The van der Waals surface area contributed by atoms with Crippen molar-refractivity contribution in [2.75, 3.05) is 7.11 Å². The molecular weight excluding hydrogens is 212 g/mol. The quantitative estimate of drug-likeness (QED) is 0.777. The number of ether oxygens (including phenoxy) is 1. The summed E-state index contributed by atoms with van der Waals surface area (Å²) in [6.07, 6.45) is 2.41. The van der Waals surface area contributed by atoms with E-state index in [0.717, 1.165) is 17.1 Å². The van der Waals surface area contributed by atoms with E-state index in [2.05, 4.69) is 23.0 Å². The second-order valence-electron chi connectivity index (χ2n) is 4.35. The monoisotopic (exact) mass is 230 g/mol. The fraction of sp³-hybridized carbons (Fsp3) is 0.357. The smallest absolute Gasteiger partial charge is 0.213 e. The van der Waals surface area contributed by atoms with Crippen LogP contribution >= 0.6 is 0 Å². The molecule has 0 spiro atoms. The van der Waals surface area contributed by atoms with Crippen LogP contribution in [0.4, 0.5) is 0 Å². The van der Waals surface area contributed by atoms with Crippen LogP contribution in [0.5, 0.6) is 5.88 Å². The van der Waals surface area contributed by atoms with Crippen LogP contribution in [-0.2, 0) is 0 Å². The van der Waals surface area contributed by atoms with Gasteiger partial charge >= 0.3 is 0 Å². The van der Waals surface area contributed by atoms with Crippen LogP contribution in [0.25, 0.3) is 5.70 Å². The minimum Gasteiger partial charge on any atom is -0.481 e. The third-order valence-corrected chi connectivity index (χ3v) is 2.84. The third-order valence-electron chi connectivity index (χ3n) is 2.84. The molecule has 0 amide bonds. The molecule has 1 aliphatic carbocycles. The van der Waals surface area contributed by atoms with Crippen molar-refractivity contribution >= 4 is 5.70 Å². The van der Waals surface area contributed by atoms with Crippen molar-refractivity contribution < 1.29 is 4.74 Å². The van der Waals surface area contributed by atoms with Gasteiger partial charge in [-0.3, -0.25) is 0 Å². The van der Waals surface area contributed by atoms with Gasteiger partial charge in [-0.05, 0) is 25.8 Å². The Kier molecular flexibility index (Phi) is 3.18. The number of rotatable bonds is 5. The van der Waals surface area contributed by atoms with E-state index in [1.54, 1.807) is 7.11 Å². The maximum Gasteiger partial charge on any atom is 0.213 e. The molecule has 0 unspecified atom stereocenters. The Labute approximate surface area is 102 Å². The topological polar surface area (TPSA) is 25.4 Å². The van der Waals surface area contributed by atoms with Gasteiger partial charge in [0.1, 0.15) is 0 Å². The Morgan fingerprint density at radius 3 is 2.65 bits per heavy atom. The Bertz CT molecular complexity index is 449. The van der Waals surface area contributed by atoms with Gasteiger partial charge < -0.3 is 9.64 Å². The molecule has 0 bridgehead atoms. The van der Waals surface area contributed by atoms with Crippen LogP contribution in [0.15, 0.2) is 37.1 Å². The van der Waals surface area contributed by atoms with Gasteiger partial charge in [-0.25, -0.2) is 4.98 Å². The second kappa shape index (κ2) is 4.62. The lowest BCUT2D eigenvalue weighted by atomic mass is 10.2. The summed E-state index contributed by atoms with van der Waals surface area (Å²) in [7, 11) is 1.62. The average Bonchev–Trinajstić information content (AvgIpc) is 3.13. The van der Waals surface area contributed by atoms with E-state index in [-0.39, 0.29) is 0 Å². The molecule has 17 heavy (non-hydrogen) atoms. The van der Waals surface area contributed by atoms with E-state index in [9.17, 15) is 0 Å². The molecule has 1 heterocycles. The first kappa shape index (κ1) is 11.7. The lowest BCUT2D eigenvalue weighted by Crippen LogP contribution is -2.21. The summed E-state index contributed by atoms with van der Waals surface area (Å²) in [6.45, 7) is 10.1. The largest absolute Gasteiger partial charge is 0.481 e. The third kappa shape index (κ3) is 2.49. The summed E-state index contributed by atoms with van der Waals surface area (Å²) in [5.74, 6) is 0.612. The number of nitrogens with zero attached hydrogens (tertiary/aromatic N) is 2. The first-order chi connectivity index (χ1) is 8.13. The summed E-state index contributed by atoms with van der Waals surface area (Å²) in [5.41, 5.74) is 2.76. The molecular formula is C14H18N2O. The Balaban J connectivity index is 2.25. The molecule has 0 atom stereocenters. The zero-order valence-corrected chi connectivity index (χ0v) is 10.4. The number of methoxy groups -OCH3 is 1. The predicted octanol–water partition coefficient (Wildman–Crippen LogP) is 3.06. The molecule has 1 saturated carbocycles. The van der Waals surface area contributed by atoms with Gasteiger partial charge in [0.15, 0.2) is 0 Å². The summed E-state index contributed by atoms with van der Waals surface area (Å²) in [6, 6.07) is 6.26. The lowest BCUT2D eigenvalue weighted by molar-refractivity contribution is 0.396. The van der Waals surface area contributed by atoms with Crippen LogP contribution in [0.2, 0.25) is 0 Å². The highest BCUT2D eigenvalue weighted by Gasteiger charge is 2.31. The highest BCUT2D eigenvalue weighted by molar-refractivity contribution is 5.61. The lowest BCUT2D eigenvalue weighted by Gasteiger charge is -2.26. The molecule has 1 aromatic rings. The minimum absolute atomic E-state index is 0.549. The van der Waals surface area contributed by atoms with Crippen molar-refractivity contribution in [3.05, 3.63) is 42.7 Å². The van der Waals surface area contributed by atoms with E-state index in [1.807, 2.05) is 25.1 Å². The number of allylic oxidation sites excluding steroid dienone is 1. The fourth-order valence-electron chi connectivity index (χ4n) is 1.91. The van der Waals surface area contributed by atoms with E-state index in [4.69, 9.17) is 4.74 Å². The second-order valence-corrected chi connectivity index (χ2v) is 4.35. The van der Waals surface area contributed by atoms with Crippen molar-refractivity contribution in [2.24, 2.45) is 0 Å². The Morgan fingerprint density at radius 2 is 2.12 bits per heavy atom. The van der Waals surface area contributed by atoms with Crippen LogP contribution < -0.4 is 4.74 Å². The van der Waals surface area contributed by atoms with Gasteiger partial charge in [-0.15, -0.1) is 0 Å². The fourth-order valence-corrected chi connectivity index (χ4v) is 1.91. The average molecular weight is 230 g/mol. The highest BCUT2D eigenvalue weighted by Crippen LogP contribution is 2.35. The standard InChI is InChI=1S/C14H18N2O/c1-10(2)16(12-8-9-12)11(3)13-6-5-7-14(15-13)17-4/h5-7,12H,1,3,8-9H2,2,4H3. The number of hydrogen-bond acceptors (Lipinski definition) is 3. The molecule has 3 heteroatoms. The van der Waals surface area contributed by atoms with Crippen LogP contribution in [0.1, 0.15) is 25.5 Å². The molecule has 1 aliphatic rings. The van der Waals surface area contributed by atoms with E-state index in [1.165, 1.54) is 12.8 Å². The summed E-state index contributed by atoms with van der Waals surface area (Å²) in [4.78, 5) is 6.57. The van der Waals surface area contributed by atoms with Gasteiger partial charge in [0, 0.05) is 17.8 Å². The molecule has 0 aromatic carbocycles. The Morgan fingerprint density at radius 1 is 1.41 bits per heavy atom. The zero-order valence-electron chi connectivity index (χ0n) is 10.4. The molecule has 0 aliphatic heterocycles. The van der Waals surface area contributed by atoms with E-state index < -0.39 is 0 Å². The predicted molar refractivity (Wildman–Crippen MR) is 69.5 cm³/mol. The maximum absolute atomic E-state index is 5.13. The molecule has 2 rings (SSSR count). The molecule has 0 radical (unpaired) electrons. The van der Waals surface area contributed by atoms with Crippen molar-refractivity contribution in [1.82, 2.24) is 9.88 Å². The van der Waals surface area contributed by atoms with E-state index >= 15 is 0 Å². The summed E-state index contributed by atoms with van der Waals surface area (Å²) in [5, 5.41) is 0. The summed E-state index contributed by atoms with van der Waals surface area (Å²) < 4.78 is 5.13. The zero-order chi connectivity index (χ0) is 12.4. The number of hydrogen-bond donors (Lipinski definition) is 0. The van der Waals surface area contributed by atoms with Crippen molar-refractivity contribution in [1.29, 1.82) is 0 Å². The number of pyridine rings is 1. The molecule has 1 fully saturated rings. The molecule has 90 valence electrons. The van der Waals surface area contributed by atoms with Crippen molar-refractivity contribution in [3.8, 4) is 5.88 Å². The first-order valence-corrected chi connectivity index (χ1v) is 5.78. The van der Waals surface area contributed by atoms with Crippen molar-refractivity contribution in [2.45, 2.75) is 25.8 Å². The van der Waals surface area contributed by atoms with Gasteiger partial charge in [-0.1, -0.05) is 19.2 Å². The number of aromatic nitrogens is 1. The maximum atomic E-state index is 5.13. The minimum atomic E-state index is 0.549. The normalized spacial score (nSPS) is 14.2. The Hall–Kier alpha value is -1.77. The first-order valence-electron chi connectivity index (χ1n) is 5.78. The van der Waals surface area contributed by atoms with Gasteiger partial charge in [0.25, 0.3) is 0 Å². The van der Waals surface area contributed by atoms with Gasteiger partial charge in [0.05, 0.1) is 18.5 Å². The summed E-state index contributed by atoms with van der Waals surface area (Å²) >= 11 is 0. The highest BCUT2D eigenvalue weighted by atomic mass is 16.5. The van der Waals surface area contributed by atoms with Gasteiger partial charge in [0.2, 0.25) is 5.88 Å². The molecule has 3 nitrogen and oxygen atoms in total. The molecule has 1 aromatic heterocycles. The SMILES string of the molecule is C=C(C)N(C(=C)c1cccc(OC)n1)C1CC1. The van der Waals surface area contributed by atoms with E-state index in [0.29, 0.717) is 11.9 Å². The van der Waals surface area contributed by atoms with Crippen LogP contribution in [-0.4, -0.2) is 23.0 Å². The molecule has 0 N–H and O–H groups in total. The van der Waals surface area contributed by atoms with Gasteiger partial charge in [-0.2, -0.15) is 0 Å². The van der Waals surface area contributed by atoms with Crippen LogP contribution in [0, 0.1) is 0 Å². The van der Waals surface area contributed by atoms with Crippen molar-refractivity contribution in [3.63, 3.8) is 0 Å².